The highest BCUT2D eigenvalue weighted by atomic mass is 16.5. The van der Waals surface area contributed by atoms with Crippen LogP contribution in [0.15, 0.2) is 66.9 Å². The number of aromatic nitrogens is 2. The summed E-state index contributed by atoms with van der Waals surface area (Å²) in [4.78, 5) is 23.6. The molecule has 6 nitrogen and oxygen atoms in total. The molecule has 0 aliphatic heterocycles. The average molecular weight is 391 g/mol. The summed E-state index contributed by atoms with van der Waals surface area (Å²) in [6, 6.07) is 19.0. The zero-order valence-electron chi connectivity index (χ0n) is 16.5. The molecule has 1 amide bonds. The van der Waals surface area contributed by atoms with Crippen molar-refractivity contribution in [3.05, 3.63) is 78.0 Å². The molecule has 3 aromatic rings. The molecule has 0 aliphatic carbocycles. The van der Waals surface area contributed by atoms with Crippen molar-refractivity contribution in [3.8, 4) is 5.75 Å². The molecule has 6 heteroatoms. The van der Waals surface area contributed by atoms with E-state index in [1.165, 1.54) is 12.5 Å². The molecule has 1 heterocycles. The van der Waals surface area contributed by atoms with Crippen LogP contribution >= 0.6 is 0 Å². The second kappa shape index (κ2) is 10.2. The zero-order chi connectivity index (χ0) is 20.5. The van der Waals surface area contributed by atoms with Crippen LogP contribution in [0.1, 0.15) is 35.7 Å². The SMILES string of the molecule is CC(=O)c1cccc(OCCCC(=O)Nc2ccnn2CCc2ccccc2)c1. The van der Waals surface area contributed by atoms with Gasteiger partial charge in [0.1, 0.15) is 11.6 Å². The second-order valence-electron chi connectivity index (χ2n) is 6.76. The summed E-state index contributed by atoms with van der Waals surface area (Å²) in [5, 5.41) is 7.20. The van der Waals surface area contributed by atoms with Crippen molar-refractivity contribution in [2.45, 2.75) is 32.7 Å². The van der Waals surface area contributed by atoms with Crippen LogP contribution in [0.3, 0.4) is 0 Å². The lowest BCUT2D eigenvalue weighted by Gasteiger charge is -2.10. The third-order valence-corrected chi connectivity index (χ3v) is 4.50. The van der Waals surface area contributed by atoms with E-state index in [1.807, 2.05) is 18.2 Å². The van der Waals surface area contributed by atoms with Crippen LogP contribution < -0.4 is 10.1 Å². The first-order valence-electron chi connectivity index (χ1n) is 9.71. The van der Waals surface area contributed by atoms with Gasteiger partial charge in [0.2, 0.25) is 5.91 Å². The van der Waals surface area contributed by atoms with Gasteiger partial charge >= 0.3 is 0 Å². The van der Waals surface area contributed by atoms with Gasteiger partial charge in [0.05, 0.1) is 12.8 Å². The highest BCUT2D eigenvalue weighted by Gasteiger charge is 2.08. The van der Waals surface area contributed by atoms with Gasteiger partial charge in [-0.15, -0.1) is 0 Å². The number of carbonyl (C=O) groups is 2. The first-order valence-corrected chi connectivity index (χ1v) is 9.71. The molecule has 0 radical (unpaired) electrons. The van der Waals surface area contributed by atoms with Gasteiger partial charge in [-0.05, 0) is 37.5 Å². The number of aryl methyl sites for hydroxylation is 2. The topological polar surface area (TPSA) is 73.2 Å². The van der Waals surface area contributed by atoms with E-state index in [4.69, 9.17) is 4.74 Å². The number of benzene rings is 2. The highest BCUT2D eigenvalue weighted by Crippen LogP contribution is 2.14. The van der Waals surface area contributed by atoms with Crippen molar-refractivity contribution in [1.82, 2.24) is 9.78 Å². The summed E-state index contributed by atoms with van der Waals surface area (Å²) in [5.74, 6) is 1.25. The Bertz CT molecular complexity index is 951. The molecule has 2 aromatic carbocycles. The van der Waals surface area contributed by atoms with Gasteiger partial charge in [0, 0.05) is 24.6 Å². The third-order valence-electron chi connectivity index (χ3n) is 4.50. The van der Waals surface area contributed by atoms with E-state index in [9.17, 15) is 9.59 Å². The molecule has 0 saturated heterocycles. The van der Waals surface area contributed by atoms with Crippen LogP contribution in [-0.4, -0.2) is 28.1 Å². The van der Waals surface area contributed by atoms with Gasteiger partial charge in [-0.25, -0.2) is 4.68 Å². The van der Waals surface area contributed by atoms with Crippen LogP contribution in [0.25, 0.3) is 0 Å². The molecular formula is C23H25N3O3. The summed E-state index contributed by atoms with van der Waals surface area (Å²) in [6.07, 6.45) is 3.45. The monoisotopic (exact) mass is 391 g/mol. The fourth-order valence-electron chi connectivity index (χ4n) is 2.93. The molecule has 1 N–H and O–H groups in total. The van der Waals surface area contributed by atoms with Gasteiger partial charge in [0.15, 0.2) is 5.78 Å². The molecule has 1 aromatic heterocycles. The Hall–Kier alpha value is -3.41. The maximum Gasteiger partial charge on any atom is 0.225 e. The van der Waals surface area contributed by atoms with Crippen LogP contribution in [0.5, 0.6) is 5.75 Å². The average Bonchev–Trinajstić information content (AvgIpc) is 3.17. The Labute approximate surface area is 170 Å². The van der Waals surface area contributed by atoms with E-state index < -0.39 is 0 Å². The number of Topliss-reactive ketones (excluding diaryl/α,β-unsaturated/α-hetero) is 1. The Balaban J connectivity index is 1.41. The van der Waals surface area contributed by atoms with E-state index in [2.05, 4.69) is 22.5 Å². The highest BCUT2D eigenvalue weighted by molar-refractivity contribution is 5.94. The summed E-state index contributed by atoms with van der Waals surface area (Å²) in [5.41, 5.74) is 1.84. The van der Waals surface area contributed by atoms with Crippen LogP contribution in [0.2, 0.25) is 0 Å². The maximum atomic E-state index is 12.2. The molecule has 0 unspecified atom stereocenters. The smallest absolute Gasteiger partial charge is 0.225 e. The molecule has 0 bridgehead atoms. The molecule has 29 heavy (non-hydrogen) atoms. The maximum absolute atomic E-state index is 12.2. The van der Waals surface area contributed by atoms with Crippen LogP contribution in [0.4, 0.5) is 5.82 Å². The van der Waals surface area contributed by atoms with Gasteiger partial charge in [-0.3, -0.25) is 9.59 Å². The van der Waals surface area contributed by atoms with Crippen molar-refractivity contribution < 1.29 is 14.3 Å². The number of nitrogens with zero attached hydrogens (tertiary/aromatic N) is 2. The summed E-state index contributed by atoms with van der Waals surface area (Å²) >= 11 is 0. The van der Waals surface area contributed by atoms with Gasteiger partial charge < -0.3 is 10.1 Å². The Morgan fingerprint density at radius 2 is 1.90 bits per heavy atom. The van der Waals surface area contributed by atoms with E-state index in [0.717, 1.165) is 6.42 Å². The van der Waals surface area contributed by atoms with Crippen molar-refractivity contribution in [3.63, 3.8) is 0 Å². The van der Waals surface area contributed by atoms with E-state index in [-0.39, 0.29) is 11.7 Å². The Kier molecular flexibility index (Phi) is 7.16. The number of amides is 1. The number of hydrogen-bond donors (Lipinski definition) is 1. The fourth-order valence-corrected chi connectivity index (χ4v) is 2.93. The second-order valence-corrected chi connectivity index (χ2v) is 6.76. The first-order chi connectivity index (χ1) is 14.1. The number of nitrogens with one attached hydrogen (secondary N) is 1. The standard InChI is InChI=1S/C23H25N3O3/c1-18(27)20-9-5-10-21(17-20)29-16-6-11-23(28)25-22-12-14-24-26(22)15-13-19-7-3-2-4-8-19/h2-5,7-10,12,14,17H,6,11,13,15-16H2,1H3,(H,25,28). The molecule has 0 atom stereocenters. The largest absolute Gasteiger partial charge is 0.494 e. The van der Waals surface area contributed by atoms with Gasteiger partial charge in [-0.1, -0.05) is 42.5 Å². The third kappa shape index (κ3) is 6.31. The van der Waals surface area contributed by atoms with Crippen LogP contribution in [0, 0.1) is 0 Å². The predicted molar refractivity (Wildman–Crippen MR) is 112 cm³/mol. The summed E-state index contributed by atoms with van der Waals surface area (Å²) in [6.45, 7) is 2.62. The molecule has 0 aliphatic rings. The molecule has 0 fully saturated rings. The molecular weight excluding hydrogens is 366 g/mol. The van der Waals surface area contributed by atoms with Crippen LogP contribution in [-0.2, 0) is 17.8 Å². The Morgan fingerprint density at radius 1 is 1.07 bits per heavy atom. The van der Waals surface area contributed by atoms with E-state index in [1.54, 1.807) is 41.2 Å². The lowest BCUT2D eigenvalue weighted by molar-refractivity contribution is -0.116. The van der Waals surface area contributed by atoms with Gasteiger partial charge in [-0.2, -0.15) is 5.10 Å². The minimum Gasteiger partial charge on any atom is -0.494 e. The lowest BCUT2D eigenvalue weighted by Crippen LogP contribution is -2.17. The number of rotatable bonds is 10. The summed E-state index contributed by atoms with van der Waals surface area (Å²) < 4.78 is 7.44. The molecule has 3 rings (SSSR count). The van der Waals surface area contributed by atoms with Gasteiger partial charge in [0.25, 0.3) is 0 Å². The van der Waals surface area contributed by atoms with Crippen molar-refractivity contribution in [2.24, 2.45) is 0 Å². The molecule has 150 valence electrons. The van der Waals surface area contributed by atoms with E-state index >= 15 is 0 Å². The number of anilines is 1. The fraction of sp³-hybridized carbons (Fsp3) is 0.261. The number of ketones is 1. The molecule has 0 spiro atoms. The normalized spacial score (nSPS) is 10.5. The minimum absolute atomic E-state index is 0.00120. The molecule has 0 saturated carbocycles. The quantitative estimate of drug-likeness (QED) is 0.417. The van der Waals surface area contributed by atoms with Crippen molar-refractivity contribution in [1.29, 1.82) is 0 Å². The predicted octanol–water partition coefficient (Wildman–Crippen LogP) is 4.13. The minimum atomic E-state index is -0.0763. The van der Waals surface area contributed by atoms with E-state index in [0.29, 0.717) is 43.1 Å². The first kappa shape index (κ1) is 20.3. The lowest BCUT2D eigenvalue weighted by atomic mass is 10.1. The Morgan fingerprint density at radius 3 is 2.69 bits per heavy atom. The number of ether oxygens (including phenoxy) is 1. The summed E-state index contributed by atoms with van der Waals surface area (Å²) in [7, 11) is 0. The number of hydrogen-bond acceptors (Lipinski definition) is 4. The van der Waals surface area contributed by atoms with Crippen molar-refractivity contribution >= 4 is 17.5 Å². The van der Waals surface area contributed by atoms with Crippen molar-refractivity contribution in [2.75, 3.05) is 11.9 Å². The zero-order valence-corrected chi connectivity index (χ0v) is 16.5. The number of carbonyl (C=O) groups excluding carboxylic acids is 2.